The van der Waals surface area contributed by atoms with E-state index >= 15 is 0 Å². The number of hydrogen-bond acceptors (Lipinski definition) is 4. The number of halogens is 2. The van der Waals surface area contributed by atoms with Crippen LogP contribution in [0.5, 0.6) is 0 Å². The highest BCUT2D eigenvalue weighted by molar-refractivity contribution is 6.00. The van der Waals surface area contributed by atoms with Gasteiger partial charge in [0.1, 0.15) is 0 Å². The second-order valence-electron chi connectivity index (χ2n) is 3.43. The van der Waals surface area contributed by atoms with Gasteiger partial charge in [0.2, 0.25) is 0 Å². The third-order valence-corrected chi connectivity index (χ3v) is 2.34. The smallest absolute Gasteiger partial charge is 0.337 e. The summed E-state index contributed by atoms with van der Waals surface area (Å²) in [6, 6.07) is 4.28. The van der Waals surface area contributed by atoms with Crippen molar-refractivity contribution in [2.24, 2.45) is 0 Å². The lowest BCUT2D eigenvalue weighted by molar-refractivity contribution is 0.0683. The molecule has 0 bridgehead atoms. The highest BCUT2D eigenvalue weighted by Gasteiger charge is 2.18. The molecule has 0 aromatic carbocycles. The Labute approximate surface area is 126 Å². The second-order valence-corrected chi connectivity index (χ2v) is 3.43. The van der Waals surface area contributed by atoms with Crippen LogP contribution in [0.2, 0.25) is 0 Å². The molecule has 2 heterocycles. The zero-order valence-corrected chi connectivity index (χ0v) is 11.5. The van der Waals surface area contributed by atoms with Gasteiger partial charge in [0, 0.05) is 24.2 Å². The first-order chi connectivity index (χ1) is 8.61. The van der Waals surface area contributed by atoms with Gasteiger partial charge in [-0.1, -0.05) is 0 Å². The zero-order valence-electron chi connectivity index (χ0n) is 9.89. The van der Waals surface area contributed by atoms with E-state index in [2.05, 4.69) is 9.97 Å². The Balaban J connectivity index is 0.00000180. The summed E-state index contributed by atoms with van der Waals surface area (Å²) in [6.45, 7) is 0. The highest BCUT2D eigenvalue weighted by Crippen LogP contribution is 2.24. The minimum absolute atomic E-state index is 0. The Hall–Kier alpha value is -2.18. The Kier molecular flexibility index (Phi) is 6.61. The van der Waals surface area contributed by atoms with Gasteiger partial charge < -0.3 is 10.2 Å². The third kappa shape index (κ3) is 3.43. The van der Waals surface area contributed by atoms with Crippen molar-refractivity contribution in [1.82, 2.24) is 9.97 Å². The molecule has 0 spiro atoms. The average Bonchev–Trinajstić information content (AvgIpc) is 2.38. The first kappa shape index (κ1) is 17.8. The predicted molar refractivity (Wildman–Crippen MR) is 75.9 cm³/mol. The minimum atomic E-state index is -1.18. The van der Waals surface area contributed by atoms with Crippen LogP contribution in [-0.2, 0) is 0 Å². The van der Waals surface area contributed by atoms with E-state index in [0.717, 1.165) is 6.20 Å². The number of rotatable bonds is 3. The van der Waals surface area contributed by atoms with Crippen molar-refractivity contribution in [2.45, 2.75) is 0 Å². The SMILES string of the molecule is Cl.Cl.O=C(O)c1cnccc1-c1ncccc1C(=O)O. The summed E-state index contributed by atoms with van der Waals surface area (Å²) in [4.78, 5) is 29.8. The van der Waals surface area contributed by atoms with Gasteiger partial charge in [0.25, 0.3) is 0 Å². The minimum Gasteiger partial charge on any atom is -0.478 e. The highest BCUT2D eigenvalue weighted by atomic mass is 35.5. The van der Waals surface area contributed by atoms with Crippen LogP contribution < -0.4 is 0 Å². The molecule has 0 aliphatic heterocycles. The summed E-state index contributed by atoms with van der Waals surface area (Å²) in [5, 5.41) is 18.1. The first-order valence-corrected chi connectivity index (χ1v) is 4.97. The van der Waals surface area contributed by atoms with Crippen molar-refractivity contribution in [2.75, 3.05) is 0 Å². The Morgan fingerprint density at radius 3 is 2.20 bits per heavy atom. The van der Waals surface area contributed by atoms with E-state index in [1.54, 1.807) is 0 Å². The van der Waals surface area contributed by atoms with Gasteiger partial charge in [-0.2, -0.15) is 0 Å². The van der Waals surface area contributed by atoms with Crippen molar-refractivity contribution in [3.05, 3.63) is 47.9 Å². The predicted octanol–water partition coefficient (Wildman–Crippen LogP) is 2.38. The van der Waals surface area contributed by atoms with Gasteiger partial charge in [-0.15, -0.1) is 24.8 Å². The number of carboxylic acids is 2. The standard InChI is InChI=1S/C12H8N2O4.2ClH/c15-11(16)8-2-1-4-14-10(8)7-3-5-13-6-9(7)12(17)18;;/h1-6H,(H,15,16)(H,17,18);2*1H. The molecule has 2 aromatic rings. The summed E-state index contributed by atoms with van der Waals surface area (Å²) in [5.74, 6) is -2.34. The normalized spacial score (nSPS) is 9.00. The van der Waals surface area contributed by atoms with E-state index in [1.165, 1.54) is 30.6 Å². The number of pyridine rings is 2. The molecule has 0 unspecified atom stereocenters. The molecule has 2 N–H and O–H groups in total. The molecule has 0 aliphatic carbocycles. The zero-order chi connectivity index (χ0) is 13.1. The van der Waals surface area contributed by atoms with Gasteiger partial charge in [-0.25, -0.2) is 9.59 Å². The Bertz CT molecular complexity index is 579. The average molecular weight is 317 g/mol. The van der Waals surface area contributed by atoms with Crippen LogP contribution >= 0.6 is 24.8 Å². The molecule has 20 heavy (non-hydrogen) atoms. The summed E-state index contributed by atoms with van der Waals surface area (Å²) < 4.78 is 0. The van der Waals surface area contributed by atoms with Gasteiger partial charge in [0.05, 0.1) is 16.8 Å². The number of aromatic nitrogens is 2. The van der Waals surface area contributed by atoms with Crippen LogP contribution in [0.15, 0.2) is 36.8 Å². The molecule has 8 heteroatoms. The fraction of sp³-hybridized carbons (Fsp3) is 0. The lowest BCUT2D eigenvalue weighted by Crippen LogP contribution is -2.06. The van der Waals surface area contributed by atoms with Crippen molar-refractivity contribution < 1.29 is 19.8 Å². The van der Waals surface area contributed by atoms with Crippen LogP contribution in [0.1, 0.15) is 20.7 Å². The van der Waals surface area contributed by atoms with E-state index in [4.69, 9.17) is 10.2 Å². The fourth-order valence-corrected chi connectivity index (χ4v) is 1.56. The number of carboxylic acid groups (broad SMARTS) is 2. The van der Waals surface area contributed by atoms with E-state index in [9.17, 15) is 9.59 Å². The largest absolute Gasteiger partial charge is 0.478 e. The molecule has 2 aromatic heterocycles. The second kappa shape index (κ2) is 7.42. The van der Waals surface area contributed by atoms with E-state index in [0.29, 0.717) is 0 Å². The summed E-state index contributed by atoms with van der Waals surface area (Å²) in [5.41, 5.74) is 0.213. The Morgan fingerprint density at radius 2 is 1.60 bits per heavy atom. The van der Waals surface area contributed by atoms with Crippen molar-refractivity contribution in [3.8, 4) is 11.3 Å². The molecule has 0 saturated heterocycles. The summed E-state index contributed by atoms with van der Waals surface area (Å²) in [7, 11) is 0. The monoisotopic (exact) mass is 316 g/mol. The van der Waals surface area contributed by atoms with E-state index < -0.39 is 11.9 Å². The topological polar surface area (TPSA) is 100 Å². The molecule has 0 aliphatic rings. The summed E-state index contributed by atoms with van der Waals surface area (Å²) >= 11 is 0. The molecule has 106 valence electrons. The van der Waals surface area contributed by atoms with Crippen LogP contribution in [-0.4, -0.2) is 32.1 Å². The van der Waals surface area contributed by atoms with E-state index in [-0.39, 0.29) is 47.2 Å². The van der Waals surface area contributed by atoms with Crippen LogP contribution in [0.3, 0.4) is 0 Å². The van der Waals surface area contributed by atoms with E-state index in [1.807, 2.05) is 0 Å². The summed E-state index contributed by atoms with van der Waals surface area (Å²) in [6.07, 6.45) is 3.97. The quantitative estimate of drug-likeness (QED) is 0.901. The molecule has 0 atom stereocenters. The lowest BCUT2D eigenvalue weighted by Gasteiger charge is -2.07. The van der Waals surface area contributed by atoms with Crippen molar-refractivity contribution in [3.63, 3.8) is 0 Å². The lowest BCUT2D eigenvalue weighted by atomic mass is 10.0. The molecular formula is C12H10Cl2N2O4. The molecule has 0 fully saturated rings. The van der Waals surface area contributed by atoms with Crippen LogP contribution in [0.4, 0.5) is 0 Å². The number of nitrogens with zero attached hydrogens (tertiary/aromatic N) is 2. The maximum atomic E-state index is 11.1. The van der Waals surface area contributed by atoms with Crippen molar-refractivity contribution in [1.29, 1.82) is 0 Å². The molecular weight excluding hydrogens is 307 g/mol. The number of hydrogen-bond donors (Lipinski definition) is 2. The number of carbonyl (C=O) groups is 2. The fourth-order valence-electron chi connectivity index (χ4n) is 1.56. The van der Waals surface area contributed by atoms with Crippen LogP contribution in [0.25, 0.3) is 11.3 Å². The first-order valence-electron chi connectivity index (χ1n) is 4.97. The van der Waals surface area contributed by atoms with Gasteiger partial charge in [0.15, 0.2) is 0 Å². The maximum absolute atomic E-state index is 11.1. The Morgan fingerprint density at radius 1 is 0.950 bits per heavy atom. The third-order valence-electron chi connectivity index (χ3n) is 2.34. The maximum Gasteiger partial charge on any atom is 0.337 e. The molecule has 0 amide bonds. The van der Waals surface area contributed by atoms with Gasteiger partial charge >= 0.3 is 11.9 Å². The molecule has 6 nitrogen and oxygen atoms in total. The molecule has 0 radical (unpaired) electrons. The van der Waals surface area contributed by atoms with Crippen molar-refractivity contribution >= 4 is 36.8 Å². The van der Waals surface area contributed by atoms with Gasteiger partial charge in [-0.3, -0.25) is 9.97 Å². The van der Waals surface area contributed by atoms with Gasteiger partial charge in [-0.05, 0) is 18.2 Å². The number of aromatic carboxylic acids is 2. The molecule has 0 saturated carbocycles. The molecule has 2 rings (SSSR count). The van der Waals surface area contributed by atoms with Crippen LogP contribution in [0, 0.1) is 0 Å².